The smallest absolute Gasteiger partial charge is 0.142 e. The quantitative estimate of drug-likeness (QED) is 0.909. The maximum absolute atomic E-state index is 13.4. The van der Waals surface area contributed by atoms with Gasteiger partial charge in [0, 0.05) is 13.1 Å². The molecule has 1 heterocycles. The molecule has 1 aromatic rings. The van der Waals surface area contributed by atoms with Gasteiger partial charge in [-0.15, -0.1) is 0 Å². The van der Waals surface area contributed by atoms with E-state index in [0.29, 0.717) is 18.5 Å². The Bertz CT molecular complexity index is 426. The van der Waals surface area contributed by atoms with Gasteiger partial charge in [0.05, 0.1) is 5.02 Å². The maximum atomic E-state index is 13.4. The Morgan fingerprint density at radius 3 is 2.94 bits per heavy atom. The molecule has 4 heteroatoms. The van der Waals surface area contributed by atoms with E-state index >= 15 is 0 Å². The zero-order valence-corrected chi connectivity index (χ0v) is 11.4. The highest BCUT2D eigenvalue weighted by atomic mass is 35.5. The summed E-state index contributed by atoms with van der Waals surface area (Å²) in [6.45, 7) is 4.58. The van der Waals surface area contributed by atoms with Gasteiger partial charge in [0.1, 0.15) is 11.4 Å². The summed E-state index contributed by atoms with van der Waals surface area (Å²) in [5.41, 5.74) is -0.303. The number of rotatable bonds is 4. The van der Waals surface area contributed by atoms with Gasteiger partial charge in [0.2, 0.25) is 0 Å². The molecule has 1 saturated heterocycles. The summed E-state index contributed by atoms with van der Waals surface area (Å²) in [5, 5.41) is 10.7. The Balaban J connectivity index is 2.10. The van der Waals surface area contributed by atoms with Crippen molar-refractivity contribution in [2.45, 2.75) is 31.8 Å². The number of nitrogens with zero attached hydrogens (tertiary/aromatic N) is 1. The van der Waals surface area contributed by atoms with E-state index in [2.05, 4.69) is 11.8 Å². The van der Waals surface area contributed by atoms with Gasteiger partial charge in [-0.05, 0) is 37.1 Å². The zero-order valence-electron chi connectivity index (χ0n) is 10.6. The third-order valence-electron chi connectivity index (χ3n) is 3.61. The third-order valence-corrected chi connectivity index (χ3v) is 3.92. The van der Waals surface area contributed by atoms with E-state index < -0.39 is 11.4 Å². The number of benzene rings is 1. The van der Waals surface area contributed by atoms with Crippen molar-refractivity contribution < 1.29 is 9.50 Å². The molecule has 18 heavy (non-hydrogen) atoms. The first kappa shape index (κ1) is 13.8. The lowest BCUT2D eigenvalue weighted by atomic mass is 9.93. The van der Waals surface area contributed by atoms with Crippen LogP contribution in [-0.4, -0.2) is 29.6 Å². The van der Waals surface area contributed by atoms with E-state index in [1.165, 1.54) is 12.1 Å². The lowest BCUT2D eigenvalue weighted by Gasteiger charge is -2.24. The Hall–Kier alpha value is -0.640. The molecule has 1 N–H and O–H groups in total. The van der Waals surface area contributed by atoms with Gasteiger partial charge >= 0.3 is 0 Å². The van der Waals surface area contributed by atoms with Crippen LogP contribution in [0, 0.1) is 5.82 Å². The van der Waals surface area contributed by atoms with Crippen LogP contribution in [0.25, 0.3) is 0 Å². The minimum atomic E-state index is -0.931. The highest BCUT2D eigenvalue weighted by Gasteiger charge is 2.37. The van der Waals surface area contributed by atoms with E-state index in [1.807, 2.05) is 0 Å². The highest BCUT2D eigenvalue weighted by Crippen LogP contribution is 2.33. The monoisotopic (exact) mass is 271 g/mol. The predicted molar refractivity (Wildman–Crippen MR) is 71.3 cm³/mol. The van der Waals surface area contributed by atoms with Crippen LogP contribution in [-0.2, 0) is 5.60 Å². The Kier molecular flexibility index (Phi) is 4.25. The van der Waals surface area contributed by atoms with Gasteiger partial charge in [0.15, 0.2) is 0 Å². The van der Waals surface area contributed by atoms with Crippen molar-refractivity contribution in [1.82, 2.24) is 4.90 Å². The molecule has 1 aliphatic heterocycles. The van der Waals surface area contributed by atoms with Crippen molar-refractivity contribution in [2.75, 3.05) is 19.6 Å². The second kappa shape index (κ2) is 5.55. The van der Waals surface area contributed by atoms with Crippen LogP contribution in [0.5, 0.6) is 0 Å². The number of likely N-dealkylation sites (tertiary alicyclic amines) is 1. The van der Waals surface area contributed by atoms with E-state index in [9.17, 15) is 9.50 Å². The van der Waals surface area contributed by atoms with Crippen molar-refractivity contribution in [2.24, 2.45) is 0 Å². The van der Waals surface area contributed by atoms with Gasteiger partial charge in [0.25, 0.3) is 0 Å². The topological polar surface area (TPSA) is 23.5 Å². The second-order valence-electron chi connectivity index (χ2n) is 5.04. The fourth-order valence-electron chi connectivity index (χ4n) is 2.46. The first-order chi connectivity index (χ1) is 8.55. The van der Waals surface area contributed by atoms with Gasteiger partial charge in [-0.1, -0.05) is 31.0 Å². The number of aliphatic hydroxyl groups is 1. The maximum Gasteiger partial charge on any atom is 0.142 e. The Morgan fingerprint density at radius 1 is 1.50 bits per heavy atom. The predicted octanol–water partition coefficient (Wildman–Crippen LogP) is 3.17. The molecule has 2 rings (SSSR count). The normalized spacial score (nSPS) is 24.7. The molecule has 2 nitrogen and oxygen atoms in total. The van der Waals surface area contributed by atoms with Crippen molar-refractivity contribution in [1.29, 1.82) is 0 Å². The van der Waals surface area contributed by atoms with Crippen LogP contribution in [0.2, 0.25) is 5.02 Å². The summed E-state index contributed by atoms with van der Waals surface area (Å²) >= 11 is 5.66. The van der Waals surface area contributed by atoms with Crippen LogP contribution in [0.3, 0.4) is 0 Å². The Labute approximate surface area is 112 Å². The van der Waals surface area contributed by atoms with E-state index in [-0.39, 0.29) is 5.02 Å². The molecule has 0 amide bonds. The van der Waals surface area contributed by atoms with E-state index in [1.54, 1.807) is 6.07 Å². The molecule has 1 fully saturated rings. The molecule has 0 spiro atoms. The minimum absolute atomic E-state index is 0.100. The van der Waals surface area contributed by atoms with Gasteiger partial charge in [-0.25, -0.2) is 4.39 Å². The lowest BCUT2D eigenvalue weighted by Crippen LogP contribution is -2.31. The van der Waals surface area contributed by atoms with E-state index in [4.69, 9.17) is 11.6 Å². The molecule has 0 aliphatic carbocycles. The summed E-state index contributed by atoms with van der Waals surface area (Å²) < 4.78 is 13.4. The minimum Gasteiger partial charge on any atom is -0.384 e. The number of hydrogen-bond acceptors (Lipinski definition) is 2. The molecule has 100 valence electrons. The molecular weight excluding hydrogens is 253 g/mol. The van der Waals surface area contributed by atoms with Gasteiger partial charge < -0.3 is 10.0 Å². The summed E-state index contributed by atoms with van der Waals surface area (Å²) in [7, 11) is 0. The van der Waals surface area contributed by atoms with Crippen LogP contribution in [0.4, 0.5) is 4.39 Å². The summed E-state index contributed by atoms with van der Waals surface area (Å²) in [6.07, 6.45) is 2.92. The molecule has 1 atom stereocenters. The summed E-state index contributed by atoms with van der Waals surface area (Å²) in [6, 6.07) is 4.58. The van der Waals surface area contributed by atoms with Crippen molar-refractivity contribution in [3.63, 3.8) is 0 Å². The fourth-order valence-corrected chi connectivity index (χ4v) is 2.58. The van der Waals surface area contributed by atoms with Gasteiger partial charge in [-0.2, -0.15) is 0 Å². The van der Waals surface area contributed by atoms with Gasteiger partial charge in [-0.3, -0.25) is 0 Å². The number of β-amino-alcohol motifs (C(OH)–C–C–N with tert-alkyl or cyclic N) is 1. The first-order valence-corrected chi connectivity index (χ1v) is 6.83. The van der Waals surface area contributed by atoms with Crippen LogP contribution in [0.15, 0.2) is 18.2 Å². The van der Waals surface area contributed by atoms with Crippen LogP contribution in [0.1, 0.15) is 31.7 Å². The third kappa shape index (κ3) is 2.85. The SMILES string of the molecule is CCCCN1CCC(O)(c2ccc(Cl)c(F)c2)C1. The van der Waals surface area contributed by atoms with E-state index in [0.717, 1.165) is 25.9 Å². The molecule has 0 saturated carbocycles. The number of halogens is 2. The highest BCUT2D eigenvalue weighted by molar-refractivity contribution is 6.30. The zero-order chi connectivity index (χ0) is 13.2. The Morgan fingerprint density at radius 2 is 2.28 bits per heavy atom. The van der Waals surface area contributed by atoms with Crippen LogP contribution < -0.4 is 0 Å². The average Bonchev–Trinajstić information content (AvgIpc) is 2.73. The second-order valence-corrected chi connectivity index (χ2v) is 5.45. The molecule has 1 aromatic carbocycles. The average molecular weight is 272 g/mol. The number of hydrogen-bond donors (Lipinski definition) is 1. The largest absolute Gasteiger partial charge is 0.384 e. The molecule has 0 bridgehead atoms. The lowest BCUT2D eigenvalue weighted by molar-refractivity contribution is 0.0457. The van der Waals surface area contributed by atoms with Crippen molar-refractivity contribution >= 4 is 11.6 Å². The fraction of sp³-hybridized carbons (Fsp3) is 0.571. The standard InChI is InChI=1S/C14H19ClFNO/c1-2-3-7-17-8-6-14(18,10-17)11-4-5-12(15)13(16)9-11/h4-5,9,18H,2-3,6-8,10H2,1H3. The summed E-state index contributed by atoms with van der Waals surface area (Å²) in [4.78, 5) is 2.23. The molecule has 1 unspecified atom stereocenters. The van der Waals surface area contributed by atoms with Crippen molar-refractivity contribution in [3.8, 4) is 0 Å². The van der Waals surface area contributed by atoms with Crippen molar-refractivity contribution in [3.05, 3.63) is 34.6 Å². The molecule has 0 radical (unpaired) electrons. The first-order valence-electron chi connectivity index (χ1n) is 6.45. The molecule has 1 aliphatic rings. The molecule has 0 aromatic heterocycles. The summed E-state index contributed by atoms with van der Waals surface area (Å²) in [5.74, 6) is -0.463. The van der Waals surface area contributed by atoms with Crippen LogP contribution >= 0.6 is 11.6 Å². The molecular formula is C14H19ClFNO. The number of unbranched alkanes of at least 4 members (excludes halogenated alkanes) is 1.